The van der Waals surface area contributed by atoms with E-state index in [1.54, 1.807) is 0 Å². The third-order valence-electron chi connectivity index (χ3n) is 4.40. The Bertz CT molecular complexity index is 479. The highest BCUT2D eigenvalue weighted by Crippen LogP contribution is 2.15. The first kappa shape index (κ1) is 16.0. The molecule has 0 radical (unpaired) electrons. The summed E-state index contributed by atoms with van der Waals surface area (Å²) in [5.74, 6) is 0.123. The summed E-state index contributed by atoms with van der Waals surface area (Å²) in [7, 11) is 0. The summed E-state index contributed by atoms with van der Waals surface area (Å²) in [6, 6.07) is 8.34. The van der Waals surface area contributed by atoms with Crippen LogP contribution in [0.5, 0.6) is 0 Å². The minimum atomic E-state index is -0.437. The molecule has 2 rings (SSSR count). The van der Waals surface area contributed by atoms with Gasteiger partial charge in [-0.15, -0.1) is 0 Å². The van der Waals surface area contributed by atoms with Crippen molar-refractivity contribution < 1.29 is 4.79 Å². The van der Waals surface area contributed by atoms with Gasteiger partial charge in [0.25, 0.3) is 0 Å². The first-order chi connectivity index (χ1) is 10.0. The number of hydrogen-bond donors (Lipinski definition) is 2. The normalized spacial score (nSPS) is 16.7. The van der Waals surface area contributed by atoms with Crippen LogP contribution in [0.15, 0.2) is 24.3 Å². The van der Waals surface area contributed by atoms with Gasteiger partial charge in [0.2, 0.25) is 5.91 Å². The Morgan fingerprint density at radius 2 is 1.95 bits per heavy atom. The molecule has 0 atom stereocenters. The molecule has 116 valence electrons. The van der Waals surface area contributed by atoms with Crippen molar-refractivity contribution in [3.05, 3.63) is 35.4 Å². The molecule has 1 amide bonds. The maximum absolute atomic E-state index is 12.5. The van der Waals surface area contributed by atoms with Crippen molar-refractivity contribution >= 4 is 5.91 Å². The van der Waals surface area contributed by atoms with Gasteiger partial charge in [-0.25, -0.2) is 0 Å². The number of piperazine rings is 1. The molecule has 21 heavy (non-hydrogen) atoms. The van der Waals surface area contributed by atoms with Gasteiger partial charge in [0.05, 0.1) is 5.54 Å². The largest absolute Gasteiger partial charge is 0.354 e. The lowest BCUT2D eigenvalue weighted by molar-refractivity contribution is -0.132. The number of carbonyl (C=O) groups is 1. The molecule has 0 aromatic heterocycles. The standard InChI is InChI=1S/C17H27N3O/c1-14-6-4-5-7-15(14)8-9-19-16(21)17(2,3)20-12-10-18-11-13-20/h4-7,18H,8-13H2,1-3H3,(H,19,21). The summed E-state index contributed by atoms with van der Waals surface area (Å²) in [6.45, 7) is 10.6. The number of nitrogens with one attached hydrogen (secondary N) is 2. The molecule has 0 spiro atoms. The van der Waals surface area contributed by atoms with Crippen LogP contribution in [0.3, 0.4) is 0 Å². The average Bonchev–Trinajstić information content (AvgIpc) is 2.50. The van der Waals surface area contributed by atoms with Gasteiger partial charge in [-0.2, -0.15) is 0 Å². The molecule has 1 aromatic rings. The van der Waals surface area contributed by atoms with Crippen molar-refractivity contribution in [3.63, 3.8) is 0 Å². The molecule has 1 fully saturated rings. The van der Waals surface area contributed by atoms with Crippen LogP contribution in [-0.4, -0.2) is 49.1 Å². The van der Waals surface area contributed by atoms with Crippen LogP contribution in [-0.2, 0) is 11.2 Å². The van der Waals surface area contributed by atoms with Crippen molar-refractivity contribution in [1.29, 1.82) is 0 Å². The van der Waals surface area contributed by atoms with E-state index in [0.29, 0.717) is 6.54 Å². The van der Waals surface area contributed by atoms with Gasteiger partial charge in [0.15, 0.2) is 0 Å². The first-order valence-corrected chi connectivity index (χ1v) is 7.80. The molecule has 1 aliphatic heterocycles. The number of carbonyl (C=O) groups excluding carboxylic acids is 1. The van der Waals surface area contributed by atoms with E-state index in [1.165, 1.54) is 11.1 Å². The number of nitrogens with zero attached hydrogens (tertiary/aromatic N) is 1. The number of aryl methyl sites for hydroxylation is 1. The summed E-state index contributed by atoms with van der Waals surface area (Å²) in [5.41, 5.74) is 2.15. The van der Waals surface area contributed by atoms with E-state index in [2.05, 4.69) is 40.7 Å². The Hall–Kier alpha value is -1.39. The molecule has 0 saturated carbocycles. The monoisotopic (exact) mass is 289 g/mol. The average molecular weight is 289 g/mol. The SMILES string of the molecule is Cc1ccccc1CCNC(=O)C(C)(C)N1CCNCC1. The second kappa shape index (κ2) is 7.05. The van der Waals surface area contributed by atoms with Crippen LogP contribution in [0.1, 0.15) is 25.0 Å². The van der Waals surface area contributed by atoms with E-state index in [0.717, 1.165) is 32.6 Å². The van der Waals surface area contributed by atoms with Crippen LogP contribution in [0.4, 0.5) is 0 Å². The van der Waals surface area contributed by atoms with Crippen molar-refractivity contribution in [3.8, 4) is 0 Å². The van der Waals surface area contributed by atoms with Crippen LogP contribution in [0.25, 0.3) is 0 Å². The van der Waals surface area contributed by atoms with Gasteiger partial charge in [0, 0.05) is 32.7 Å². The van der Waals surface area contributed by atoms with Gasteiger partial charge in [-0.3, -0.25) is 9.69 Å². The van der Waals surface area contributed by atoms with Gasteiger partial charge < -0.3 is 10.6 Å². The van der Waals surface area contributed by atoms with E-state index in [-0.39, 0.29) is 5.91 Å². The number of rotatable bonds is 5. The fraction of sp³-hybridized carbons (Fsp3) is 0.588. The molecule has 1 saturated heterocycles. The van der Waals surface area contributed by atoms with Crippen LogP contribution in [0, 0.1) is 6.92 Å². The quantitative estimate of drug-likeness (QED) is 0.860. The van der Waals surface area contributed by atoms with E-state index >= 15 is 0 Å². The van der Waals surface area contributed by atoms with E-state index < -0.39 is 5.54 Å². The highest BCUT2D eigenvalue weighted by atomic mass is 16.2. The molecular formula is C17H27N3O. The number of benzene rings is 1. The molecule has 2 N–H and O–H groups in total. The van der Waals surface area contributed by atoms with Crippen LogP contribution in [0.2, 0.25) is 0 Å². The third-order valence-corrected chi connectivity index (χ3v) is 4.40. The Morgan fingerprint density at radius 3 is 2.62 bits per heavy atom. The second-order valence-corrected chi connectivity index (χ2v) is 6.23. The minimum Gasteiger partial charge on any atom is -0.354 e. The third kappa shape index (κ3) is 4.05. The zero-order chi connectivity index (χ0) is 15.3. The molecule has 4 nitrogen and oxygen atoms in total. The van der Waals surface area contributed by atoms with Crippen molar-refractivity contribution in [2.24, 2.45) is 0 Å². The van der Waals surface area contributed by atoms with E-state index in [4.69, 9.17) is 0 Å². The maximum atomic E-state index is 12.5. The highest BCUT2D eigenvalue weighted by Gasteiger charge is 2.34. The molecule has 0 bridgehead atoms. The maximum Gasteiger partial charge on any atom is 0.239 e. The molecular weight excluding hydrogens is 262 g/mol. The predicted octanol–water partition coefficient (Wildman–Crippen LogP) is 1.34. The fourth-order valence-electron chi connectivity index (χ4n) is 2.79. The lowest BCUT2D eigenvalue weighted by Crippen LogP contribution is -2.60. The van der Waals surface area contributed by atoms with Crippen molar-refractivity contribution in [2.75, 3.05) is 32.7 Å². The van der Waals surface area contributed by atoms with Gasteiger partial charge in [-0.05, 0) is 38.3 Å². The van der Waals surface area contributed by atoms with Crippen LogP contribution < -0.4 is 10.6 Å². The summed E-state index contributed by atoms with van der Waals surface area (Å²) >= 11 is 0. The lowest BCUT2D eigenvalue weighted by atomic mass is 10.00. The lowest BCUT2D eigenvalue weighted by Gasteiger charge is -2.39. The Balaban J connectivity index is 1.84. The molecule has 1 heterocycles. The smallest absolute Gasteiger partial charge is 0.239 e. The molecule has 1 aromatic carbocycles. The predicted molar refractivity (Wildman–Crippen MR) is 86.4 cm³/mol. The molecule has 1 aliphatic rings. The number of amides is 1. The molecule has 4 heteroatoms. The Labute approximate surface area is 127 Å². The molecule has 0 unspecified atom stereocenters. The van der Waals surface area contributed by atoms with Crippen molar-refractivity contribution in [1.82, 2.24) is 15.5 Å². The van der Waals surface area contributed by atoms with Crippen molar-refractivity contribution in [2.45, 2.75) is 32.7 Å². The van der Waals surface area contributed by atoms with Gasteiger partial charge in [0.1, 0.15) is 0 Å². The zero-order valence-electron chi connectivity index (χ0n) is 13.4. The second-order valence-electron chi connectivity index (χ2n) is 6.23. The first-order valence-electron chi connectivity index (χ1n) is 7.80. The summed E-state index contributed by atoms with van der Waals surface area (Å²) in [5, 5.41) is 6.42. The summed E-state index contributed by atoms with van der Waals surface area (Å²) < 4.78 is 0. The topological polar surface area (TPSA) is 44.4 Å². The van der Waals surface area contributed by atoms with Gasteiger partial charge in [-0.1, -0.05) is 24.3 Å². The van der Waals surface area contributed by atoms with E-state index in [9.17, 15) is 4.79 Å². The van der Waals surface area contributed by atoms with Crippen LogP contribution >= 0.6 is 0 Å². The Kier molecular flexibility index (Phi) is 5.37. The summed E-state index contributed by atoms with van der Waals surface area (Å²) in [4.78, 5) is 14.7. The van der Waals surface area contributed by atoms with E-state index in [1.807, 2.05) is 19.9 Å². The van der Waals surface area contributed by atoms with Gasteiger partial charge >= 0.3 is 0 Å². The Morgan fingerprint density at radius 1 is 1.29 bits per heavy atom. The fourth-order valence-corrected chi connectivity index (χ4v) is 2.79. The minimum absolute atomic E-state index is 0.123. The molecule has 0 aliphatic carbocycles. The number of hydrogen-bond acceptors (Lipinski definition) is 3. The zero-order valence-corrected chi connectivity index (χ0v) is 13.4. The summed E-state index contributed by atoms with van der Waals surface area (Å²) in [6.07, 6.45) is 0.885. The highest BCUT2D eigenvalue weighted by molar-refractivity contribution is 5.85.